The van der Waals surface area contributed by atoms with Gasteiger partial charge in [0.1, 0.15) is 24.9 Å². The molecule has 6 N–H and O–H groups in total. The molecule has 0 spiro atoms. The summed E-state index contributed by atoms with van der Waals surface area (Å²) in [6, 6.07) is 0. The Kier molecular flexibility index (Phi) is 11.1. The second-order valence-corrected chi connectivity index (χ2v) is 18.8. The Bertz CT molecular complexity index is 1410. The first kappa shape index (κ1) is 40.5. The predicted molar refractivity (Wildman–Crippen MR) is 193 cm³/mol. The standard InChI is InChI=1S/C41H64O14/c1-19-36(47)28(42)15-34(50-19)54-38-21(3)52-35(17-30(38)44)55-37-20(2)51-33(16-29(37)43)53-24-8-10-39(4)23(13-24)6-7-26-27(39)14-31(45)40(5)25(9-11-41(26,40)48)22-12-32(46)49-18-22/h12,19-21,23-31,33-38,42-45,47-48H,6-11,13-18H2,1-5H3/t19?,20?,21?,23-,24?,25-,26-,27?,28?,29?,30?,31-,33+,34+,35+,36-,37-,38-,39+,40+,41+/m1/s1. The van der Waals surface area contributed by atoms with E-state index in [0.29, 0.717) is 18.8 Å². The fraction of sp³-hybridized carbons (Fsp3) is 0.927. The van der Waals surface area contributed by atoms with E-state index >= 15 is 0 Å². The van der Waals surface area contributed by atoms with E-state index in [9.17, 15) is 35.4 Å². The van der Waals surface area contributed by atoms with Gasteiger partial charge in [0.05, 0.1) is 54.4 Å². The van der Waals surface area contributed by atoms with Gasteiger partial charge in [0, 0.05) is 30.8 Å². The summed E-state index contributed by atoms with van der Waals surface area (Å²) >= 11 is 0. The van der Waals surface area contributed by atoms with Crippen LogP contribution in [0.4, 0.5) is 0 Å². The van der Waals surface area contributed by atoms with Crippen molar-refractivity contribution in [3.8, 4) is 0 Å². The molecule has 0 aromatic rings. The van der Waals surface area contributed by atoms with Crippen LogP contribution in [0.15, 0.2) is 11.6 Å². The maximum atomic E-state index is 12.6. The highest BCUT2D eigenvalue weighted by atomic mass is 16.7. The second kappa shape index (κ2) is 15.1. The summed E-state index contributed by atoms with van der Waals surface area (Å²) in [4.78, 5) is 11.9. The molecular formula is C41H64O14. The number of aliphatic hydroxyl groups is 6. The van der Waals surface area contributed by atoms with Crippen molar-refractivity contribution >= 4 is 5.97 Å². The Morgan fingerprint density at radius 1 is 0.691 bits per heavy atom. The van der Waals surface area contributed by atoms with Gasteiger partial charge in [-0.05, 0) is 107 Å². The normalized spacial score (nSPS) is 55.5. The number of cyclic esters (lactones) is 1. The van der Waals surface area contributed by atoms with Gasteiger partial charge < -0.3 is 63.8 Å². The van der Waals surface area contributed by atoms with Gasteiger partial charge in [-0.2, -0.15) is 0 Å². The Hall–Kier alpha value is -1.27. The molecule has 7 fully saturated rings. The fourth-order valence-electron chi connectivity index (χ4n) is 12.8. The lowest BCUT2D eigenvalue weighted by atomic mass is 9.42. The molecule has 4 saturated carbocycles. The minimum absolute atomic E-state index is 0.0452. The summed E-state index contributed by atoms with van der Waals surface area (Å²) in [5.41, 5.74) is -0.892. The molecule has 312 valence electrons. The number of aliphatic hydroxyl groups excluding tert-OH is 5. The van der Waals surface area contributed by atoms with Crippen LogP contribution in [0.5, 0.6) is 0 Å². The molecule has 0 aromatic carbocycles. The maximum absolute atomic E-state index is 12.6. The van der Waals surface area contributed by atoms with E-state index < -0.39 is 90.9 Å². The molecule has 14 heteroatoms. The first-order chi connectivity index (χ1) is 26.0. The number of carbonyl (C=O) groups excluding carboxylic acids is 1. The van der Waals surface area contributed by atoms with E-state index in [1.54, 1.807) is 19.9 Å². The monoisotopic (exact) mass is 780 g/mol. The Morgan fingerprint density at radius 2 is 1.29 bits per heavy atom. The molecular weight excluding hydrogens is 716 g/mol. The van der Waals surface area contributed by atoms with Gasteiger partial charge in [0.2, 0.25) is 0 Å². The molecule has 4 aliphatic carbocycles. The number of ether oxygens (including phenoxy) is 7. The molecule has 4 heterocycles. The molecule has 8 rings (SSSR count). The third kappa shape index (κ3) is 6.95. The van der Waals surface area contributed by atoms with Gasteiger partial charge in [-0.25, -0.2) is 4.79 Å². The highest BCUT2D eigenvalue weighted by molar-refractivity contribution is 5.85. The molecule has 0 bridgehead atoms. The predicted octanol–water partition coefficient (Wildman–Crippen LogP) is 2.22. The van der Waals surface area contributed by atoms with Crippen LogP contribution in [0, 0.1) is 34.5 Å². The summed E-state index contributed by atoms with van der Waals surface area (Å²) in [5, 5.41) is 66.9. The van der Waals surface area contributed by atoms with Crippen molar-refractivity contribution in [3.05, 3.63) is 11.6 Å². The van der Waals surface area contributed by atoms with Gasteiger partial charge >= 0.3 is 5.97 Å². The second-order valence-electron chi connectivity index (χ2n) is 18.8. The van der Waals surface area contributed by atoms with Gasteiger partial charge in [0.25, 0.3) is 0 Å². The van der Waals surface area contributed by atoms with Crippen LogP contribution in [0.1, 0.15) is 105 Å². The van der Waals surface area contributed by atoms with Crippen molar-refractivity contribution in [3.63, 3.8) is 0 Å². The van der Waals surface area contributed by atoms with Crippen molar-refractivity contribution in [1.82, 2.24) is 0 Å². The van der Waals surface area contributed by atoms with Crippen molar-refractivity contribution in [2.75, 3.05) is 6.61 Å². The summed E-state index contributed by atoms with van der Waals surface area (Å²) in [6.07, 6.45) is -1.51. The Balaban J connectivity index is 0.837. The van der Waals surface area contributed by atoms with Gasteiger partial charge in [-0.15, -0.1) is 0 Å². The SMILES string of the molecule is CC1O[C@@H](O[C@H]2C(O)C[C@H](O[C@H]3C(O)C[C@H](OC4CC[C@]5(C)C6C[C@@H](O)[C@]7(C)[C@@H](C8=CC(=O)OC8)CC[C@]7(O)[C@@H]6CC[C@@H]5C4)OC3C)OC2C)CC(O)[C@@H]1O. The average molecular weight is 781 g/mol. The van der Waals surface area contributed by atoms with Crippen molar-refractivity contribution in [2.24, 2.45) is 34.5 Å². The Labute approximate surface area is 323 Å². The molecule has 0 radical (unpaired) electrons. The third-order valence-corrected chi connectivity index (χ3v) is 16.0. The van der Waals surface area contributed by atoms with Gasteiger partial charge in [-0.3, -0.25) is 0 Å². The van der Waals surface area contributed by atoms with Gasteiger partial charge in [0.15, 0.2) is 18.9 Å². The van der Waals surface area contributed by atoms with Crippen LogP contribution in [0.2, 0.25) is 0 Å². The van der Waals surface area contributed by atoms with Crippen molar-refractivity contribution in [1.29, 1.82) is 0 Å². The summed E-state index contributed by atoms with van der Waals surface area (Å²) < 4.78 is 42.1. The number of fused-ring (bicyclic) bond motifs is 5. The zero-order valence-electron chi connectivity index (χ0n) is 32.9. The molecule has 3 saturated heterocycles. The molecule has 8 unspecified atom stereocenters. The van der Waals surface area contributed by atoms with Gasteiger partial charge in [-0.1, -0.05) is 13.8 Å². The number of carbonyl (C=O) groups is 1. The van der Waals surface area contributed by atoms with Crippen molar-refractivity contribution in [2.45, 2.75) is 197 Å². The van der Waals surface area contributed by atoms with Crippen LogP contribution in [-0.2, 0) is 38.0 Å². The number of hydrogen-bond donors (Lipinski definition) is 6. The van der Waals surface area contributed by atoms with Crippen LogP contribution in [-0.4, -0.2) is 135 Å². The van der Waals surface area contributed by atoms with Crippen LogP contribution in [0.3, 0.4) is 0 Å². The van der Waals surface area contributed by atoms with E-state index in [1.807, 2.05) is 13.8 Å². The third-order valence-electron chi connectivity index (χ3n) is 16.0. The lowest BCUT2D eigenvalue weighted by molar-refractivity contribution is -0.336. The largest absolute Gasteiger partial charge is 0.458 e. The summed E-state index contributed by atoms with van der Waals surface area (Å²) in [5.74, 6) is 0.204. The zero-order chi connectivity index (χ0) is 39.2. The lowest BCUT2D eigenvalue weighted by Gasteiger charge is -2.65. The Morgan fingerprint density at radius 3 is 1.87 bits per heavy atom. The molecule has 0 aromatic heterocycles. The number of hydrogen-bond acceptors (Lipinski definition) is 14. The van der Waals surface area contributed by atoms with E-state index in [0.717, 1.165) is 44.1 Å². The first-order valence-corrected chi connectivity index (χ1v) is 20.9. The van der Waals surface area contributed by atoms with E-state index in [-0.39, 0.29) is 61.1 Å². The molecule has 4 aliphatic heterocycles. The van der Waals surface area contributed by atoms with E-state index in [2.05, 4.69) is 6.92 Å². The number of esters is 1. The van der Waals surface area contributed by atoms with Crippen LogP contribution in [0.25, 0.3) is 0 Å². The highest BCUT2D eigenvalue weighted by Crippen LogP contribution is 2.70. The molecule has 55 heavy (non-hydrogen) atoms. The smallest absolute Gasteiger partial charge is 0.331 e. The quantitative estimate of drug-likeness (QED) is 0.162. The van der Waals surface area contributed by atoms with Crippen LogP contribution >= 0.6 is 0 Å². The summed E-state index contributed by atoms with van der Waals surface area (Å²) in [6.45, 7) is 9.90. The molecule has 0 amide bonds. The number of rotatable bonds is 7. The lowest BCUT2D eigenvalue weighted by Crippen LogP contribution is -2.67. The van der Waals surface area contributed by atoms with Crippen molar-refractivity contribution < 1.29 is 68.6 Å². The summed E-state index contributed by atoms with van der Waals surface area (Å²) in [7, 11) is 0. The van der Waals surface area contributed by atoms with Crippen LogP contribution < -0.4 is 0 Å². The average Bonchev–Trinajstić information content (AvgIpc) is 3.67. The van der Waals surface area contributed by atoms with E-state index in [4.69, 9.17) is 33.2 Å². The molecule has 14 nitrogen and oxygen atoms in total. The van der Waals surface area contributed by atoms with E-state index in [1.165, 1.54) is 0 Å². The fourth-order valence-corrected chi connectivity index (χ4v) is 12.8. The minimum Gasteiger partial charge on any atom is -0.458 e. The highest BCUT2D eigenvalue weighted by Gasteiger charge is 2.71. The topological polar surface area (TPSA) is 203 Å². The molecule has 21 atom stereocenters. The first-order valence-electron chi connectivity index (χ1n) is 20.9. The molecule has 8 aliphatic rings. The minimum atomic E-state index is -1.01. The maximum Gasteiger partial charge on any atom is 0.331 e. The zero-order valence-corrected chi connectivity index (χ0v) is 32.9.